The van der Waals surface area contributed by atoms with Crippen LogP contribution < -0.4 is 16.2 Å². The fraction of sp³-hybridized carbons (Fsp3) is 0.500. The molecular weight excluding hydrogens is 410 g/mol. The highest BCUT2D eigenvalue weighted by atomic mass is 79.9. The van der Waals surface area contributed by atoms with Crippen molar-refractivity contribution in [3.05, 3.63) is 33.8 Å². The molecule has 0 bridgehead atoms. The maximum Gasteiger partial charge on any atom is 0.333 e. The van der Waals surface area contributed by atoms with Crippen LogP contribution in [0.1, 0.15) is 23.5 Å². The van der Waals surface area contributed by atoms with E-state index in [1.807, 2.05) is 12.1 Å². The van der Waals surface area contributed by atoms with Gasteiger partial charge in [0.2, 0.25) is 5.91 Å². The van der Waals surface area contributed by atoms with E-state index < -0.39 is 21.9 Å². The lowest BCUT2D eigenvalue weighted by Crippen LogP contribution is -2.50. The van der Waals surface area contributed by atoms with Gasteiger partial charge in [0, 0.05) is 16.4 Å². The van der Waals surface area contributed by atoms with Gasteiger partial charge in [-0.05, 0) is 36.0 Å². The highest BCUT2D eigenvalue weighted by molar-refractivity contribution is 9.10. The monoisotopic (exact) mass is 427 g/mol. The zero-order valence-corrected chi connectivity index (χ0v) is 15.7. The third-order valence-corrected chi connectivity index (χ3v) is 7.80. The number of benzene rings is 1. The second-order valence-electron chi connectivity index (χ2n) is 6.91. The topological polar surface area (TPSA) is 104 Å². The van der Waals surface area contributed by atoms with Gasteiger partial charge >= 0.3 is 6.03 Å². The van der Waals surface area contributed by atoms with Gasteiger partial charge in [0.25, 0.3) is 0 Å². The van der Waals surface area contributed by atoms with Crippen LogP contribution in [0.3, 0.4) is 0 Å². The molecule has 1 saturated heterocycles. The smallest absolute Gasteiger partial charge is 0.333 e. The lowest BCUT2D eigenvalue weighted by Gasteiger charge is -2.14. The molecule has 3 N–H and O–H groups in total. The van der Waals surface area contributed by atoms with Crippen molar-refractivity contribution in [1.29, 1.82) is 0 Å². The molecule has 134 valence electrons. The summed E-state index contributed by atoms with van der Waals surface area (Å²) in [6.07, 6.45) is 1.27. The number of amides is 3. The number of fused-ring (bicyclic) bond motifs is 3. The number of hydrogen-bond donors (Lipinski definition) is 3. The third-order valence-electron chi connectivity index (χ3n) is 5.29. The van der Waals surface area contributed by atoms with Crippen LogP contribution in [0.5, 0.6) is 0 Å². The summed E-state index contributed by atoms with van der Waals surface area (Å²) < 4.78 is 23.8. The number of halogens is 1. The molecule has 4 unspecified atom stereocenters. The molecule has 1 aliphatic heterocycles. The van der Waals surface area contributed by atoms with Crippen LogP contribution in [0, 0.1) is 11.8 Å². The second-order valence-corrected chi connectivity index (χ2v) is 10.00. The first-order chi connectivity index (χ1) is 11.9. The molecular formula is C16H18BrN3O4S. The van der Waals surface area contributed by atoms with Crippen LogP contribution in [-0.4, -0.2) is 37.9 Å². The summed E-state index contributed by atoms with van der Waals surface area (Å²) in [6, 6.07) is 5.06. The quantitative estimate of drug-likeness (QED) is 0.608. The van der Waals surface area contributed by atoms with Gasteiger partial charge in [-0.25, -0.2) is 18.6 Å². The Balaban J connectivity index is 1.28. The lowest BCUT2D eigenvalue weighted by atomic mass is 10.0. The Bertz CT molecular complexity index is 857. The van der Waals surface area contributed by atoms with E-state index in [4.69, 9.17) is 0 Å². The van der Waals surface area contributed by atoms with Crippen LogP contribution >= 0.6 is 15.9 Å². The molecule has 2 aliphatic carbocycles. The van der Waals surface area contributed by atoms with Crippen molar-refractivity contribution in [3.63, 3.8) is 0 Å². The SMILES string of the molecule is O=C(NNC(=O)C1C2Cc3c(Br)cccc3C21)NC1CCS(=O)(=O)C1. The van der Waals surface area contributed by atoms with Gasteiger partial charge in [0.05, 0.1) is 17.4 Å². The highest BCUT2D eigenvalue weighted by Gasteiger charge is 2.59. The van der Waals surface area contributed by atoms with E-state index in [9.17, 15) is 18.0 Å². The maximum absolute atomic E-state index is 12.3. The molecule has 3 aliphatic rings. The summed E-state index contributed by atoms with van der Waals surface area (Å²) in [5.41, 5.74) is 7.26. The molecule has 1 heterocycles. The van der Waals surface area contributed by atoms with E-state index >= 15 is 0 Å². The Morgan fingerprint density at radius 3 is 2.72 bits per heavy atom. The molecule has 9 heteroatoms. The predicted molar refractivity (Wildman–Crippen MR) is 94.4 cm³/mol. The van der Waals surface area contributed by atoms with Gasteiger partial charge in [-0.2, -0.15) is 0 Å². The van der Waals surface area contributed by atoms with Gasteiger partial charge < -0.3 is 5.32 Å². The van der Waals surface area contributed by atoms with E-state index in [1.54, 1.807) is 0 Å². The molecule has 4 rings (SSSR count). The number of sulfone groups is 1. The first-order valence-electron chi connectivity index (χ1n) is 8.20. The average molecular weight is 428 g/mol. The first-order valence-corrected chi connectivity index (χ1v) is 10.8. The molecule has 7 nitrogen and oxygen atoms in total. The number of carbonyl (C=O) groups excluding carboxylic acids is 2. The zero-order valence-electron chi connectivity index (χ0n) is 13.3. The lowest BCUT2D eigenvalue weighted by molar-refractivity contribution is -0.123. The minimum Gasteiger partial charge on any atom is -0.333 e. The van der Waals surface area contributed by atoms with E-state index in [0.29, 0.717) is 12.3 Å². The van der Waals surface area contributed by atoms with Crippen molar-refractivity contribution in [3.8, 4) is 0 Å². The standard InChI is InChI=1S/C16H18BrN3O4S/c17-12-3-1-2-9-10(12)6-11-13(9)14(11)15(21)19-20-16(22)18-8-4-5-25(23,24)7-8/h1-3,8,11,13-14H,4-7H2,(H,19,21)(H2,18,20,22). The van der Waals surface area contributed by atoms with Crippen molar-refractivity contribution in [2.24, 2.45) is 11.8 Å². The van der Waals surface area contributed by atoms with Crippen molar-refractivity contribution in [2.45, 2.75) is 24.8 Å². The molecule has 2 fully saturated rings. The Labute approximate surface area is 153 Å². The molecule has 3 amide bonds. The number of rotatable bonds is 2. The molecule has 0 spiro atoms. The number of carbonyl (C=O) groups is 2. The van der Waals surface area contributed by atoms with Crippen LogP contribution in [0.25, 0.3) is 0 Å². The summed E-state index contributed by atoms with van der Waals surface area (Å²) in [6.45, 7) is 0. The minimum atomic E-state index is -3.05. The van der Waals surface area contributed by atoms with Crippen LogP contribution in [-0.2, 0) is 21.1 Å². The molecule has 25 heavy (non-hydrogen) atoms. The molecule has 0 aromatic heterocycles. The van der Waals surface area contributed by atoms with Crippen LogP contribution in [0.2, 0.25) is 0 Å². The number of hydrogen-bond acceptors (Lipinski definition) is 4. The van der Waals surface area contributed by atoms with E-state index in [0.717, 1.165) is 10.9 Å². The molecule has 1 aromatic carbocycles. The van der Waals surface area contributed by atoms with Crippen molar-refractivity contribution < 1.29 is 18.0 Å². The summed E-state index contributed by atoms with van der Waals surface area (Å²) in [7, 11) is -3.05. The molecule has 4 atom stereocenters. The largest absolute Gasteiger partial charge is 0.333 e. The average Bonchev–Trinajstić information content (AvgIpc) is 2.96. The Morgan fingerprint density at radius 2 is 2.00 bits per heavy atom. The number of urea groups is 1. The predicted octanol–water partition coefficient (Wildman–Crippen LogP) is 0.852. The van der Waals surface area contributed by atoms with E-state index in [-0.39, 0.29) is 29.2 Å². The van der Waals surface area contributed by atoms with Gasteiger partial charge in [0.15, 0.2) is 9.84 Å². The van der Waals surface area contributed by atoms with Crippen LogP contribution in [0.4, 0.5) is 4.79 Å². The Hall–Kier alpha value is -1.61. The minimum absolute atomic E-state index is 0.0488. The maximum atomic E-state index is 12.3. The summed E-state index contributed by atoms with van der Waals surface area (Å²) in [4.78, 5) is 24.1. The number of hydrazine groups is 1. The fourth-order valence-electron chi connectivity index (χ4n) is 4.08. The zero-order chi connectivity index (χ0) is 17.8. The van der Waals surface area contributed by atoms with E-state index in [1.165, 1.54) is 11.1 Å². The van der Waals surface area contributed by atoms with Gasteiger partial charge in [-0.15, -0.1) is 0 Å². The highest BCUT2D eigenvalue weighted by Crippen LogP contribution is 2.62. The molecule has 1 aromatic rings. The summed E-state index contributed by atoms with van der Waals surface area (Å²) in [5.74, 6) is 0.233. The van der Waals surface area contributed by atoms with Gasteiger partial charge in [-0.1, -0.05) is 28.1 Å². The summed E-state index contributed by atoms with van der Waals surface area (Å²) >= 11 is 3.54. The van der Waals surface area contributed by atoms with Crippen LogP contribution in [0.15, 0.2) is 22.7 Å². The van der Waals surface area contributed by atoms with Crippen molar-refractivity contribution in [2.75, 3.05) is 11.5 Å². The Morgan fingerprint density at radius 1 is 1.20 bits per heavy atom. The van der Waals surface area contributed by atoms with Crippen molar-refractivity contribution in [1.82, 2.24) is 16.2 Å². The van der Waals surface area contributed by atoms with E-state index in [2.05, 4.69) is 38.2 Å². The van der Waals surface area contributed by atoms with Gasteiger partial charge in [-0.3, -0.25) is 10.2 Å². The summed E-state index contributed by atoms with van der Waals surface area (Å²) in [5, 5.41) is 2.57. The Kier molecular flexibility index (Phi) is 4.03. The fourth-order valence-corrected chi connectivity index (χ4v) is 6.30. The molecule has 1 saturated carbocycles. The number of nitrogens with one attached hydrogen (secondary N) is 3. The molecule has 0 radical (unpaired) electrons. The normalized spacial score (nSPS) is 30.9. The van der Waals surface area contributed by atoms with Crippen molar-refractivity contribution >= 4 is 37.7 Å². The van der Waals surface area contributed by atoms with Gasteiger partial charge in [0.1, 0.15) is 0 Å². The first kappa shape index (κ1) is 16.8. The third kappa shape index (κ3) is 3.15. The second kappa shape index (κ2) is 5.98.